The van der Waals surface area contributed by atoms with E-state index in [9.17, 15) is 0 Å². The summed E-state index contributed by atoms with van der Waals surface area (Å²) in [5, 5.41) is 0. The molecule has 0 fully saturated rings. The van der Waals surface area contributed by atoms with Crippen molar-refractivity contribution in [3.8, 4) is 11.3 Å². The second kappa shape index (κ2) is 4.02. The van der Waals surface area contributed by atoms with E-state index in [1.54, 1.807) is 18.0 Å². The molecule has 0 bridgehead atoms. The Kier molecular flexibility index (Phi) is 2.74. The zero-order valence-electron chi connectivity index (χ0n) is 7.61. The number of hydrogen-bond acceptors (Lipinski definition) is 3. The van der Waals surface area contributed by atoms with Crippen molar-refractivity contribution in [3.63, 3.8) is 0 Å². The first kappa shape index (κ1) is 9.55. The van der Waals surface area contributed by atoms with E-state index in [-0.39, 0.29) is 0 Å². The number of thioether (sulfide) groups is 1. The van der Waals surface area contributed by atoms with Gasteiger partial charge in [-0.25, -0.2) is 0 Å². The summed E-state index contributed by atoms with van der Waals surface area (Å²) in [4.78, 5) is 4.63. The Morgan fingerprint density at radius 3 is 2.50 bits per heavy atom. The van der Waals surface area contributed by atoms with Crippen LogP contribution in [-0.4, -0.2) is 11.2 Å². The van der Waals surface area contributed by atoms with Gasteiger partial charge in [0.2, 0.25) is 0 Å². The quantitative estimate of drug-likeness (QED) is 0.621. The largest absolute Gasteiger partial charge is 0.437 e. The average Bonchev–Trinajstić information content (AvgIpc) is 2.65. The molecule has 0 spiro atoms. The van der Waals surface area contributed by atoms with Gasteiger partial charge in [0.05, 0.1) is 5.69 Å². The molecule has 1 N–H and O–H groups in total. The molecule has 0 aliphatic carbocycles. The van der Waals surface area contributed by atoms with Crippen LogP contribution in [0, 0.1) is 4.84 Å². The van der Waals surface area contributed by atoms with Gasteiger partial charge < -0.3 is 9.40 Å². The Morgan fingerprint density at radius 1 is 1.29 bits per heavy atom. The number of nitrogens with one attached hydrogen (secondary N) is 1. The van der Waals surface area contributed by atoms with Crippen LogP contribution in [0.1, 0.15) is 0 Å². The minimum Gasteiger partial charge on any atom is -0.437 e. The normalized spacial score (nSPS) is 10.4. The number of hydrogen-bond donors (Lipinski definition) is 1. The fraction of sp³-hybridized carbons (Fsp3) is 0.100. The maximum absolute atomic E-state index is 5.03. The zero-order valence-corrected chi connectivity index (χ0v) is 9.24. The molecule has 0 amide bonds. The molecule has 0 aliphatic heterocycles. The number of aromatic nitrogens is 1. The van der Waals surface area contributed by atoms with Gasteiger partial charge >= 0.3 is 0 Å². The van der Waals surface area contributed by atoms with Crippen molar-refractivity contribution >= 4 is 24.0 Å². The second-order valence-corrected chi connectivity index (χ2v) is 4.04. The van der Waals surface area contributed by atoms with Crippen molar-refractivity contribution < 1.29 is 4.42 Å². The van der Waals surface area contributed by atoms with E-state index < -0.39 is 0 Å². The summed E-state index contributed by atoms with van der Waals surface area (Å²) in [5.74, 6) is 0. The molecule has 1 aromatic carbocycles. The Hall–Kier alpha value is -1.00. The van der Waals surface area contributed by atoms with E-state index in [1.165, 1.54) is 4.90 Å². The molecule has 2 aromatic rings. The van der Waals surface area contributed by atoms with Gasteiger partial charge in [0.25, 0.3) is 4.84 Å². The van der Waals surface area contributed by atoms with Crippen LogP contribution in [0.5, 0.6) is 0 Å². The third-order valence-electron chi connectivity index (χ3n) is 1.92. The highest BCUT2D eigenvalue weighted by Crippen LogP contribution is 2.21. The lowest BCUT2D eigenvalue weighted by Gasteiger charge is -1.98. The topological polar surface area (TPSA) is 28.9 Å². The summed E-state index contributed by atoms with van der Waals surface area (Å²) in [5.41, 5.74) is 2.00. The molecule has 0 saturated heterocycles. The van der Waals surface area contributed by atoms with E-state index in [2.05, 4.69) is 23.4 Å². The van der Waals surface area contributed by atoms with Crippen LogP contribution in [-0.2, 0) is 0 Å². The lowest BCUT2D eigenvalue weighted by molar-refractivity contribution is 0.541. The molecule has 0 aliphatic rings. The first-order valence-corrected chi connectivity index (χ1v) is 5.75. The highest BCUT2D eigenvalue weighted by Gasteiger charge is 1.99. The van der Waals surface area contributed by atoms with Gasteiger partial charge in [0.1, 0.15) is 6.26 Å². The highest BCUT2D eigenvalue weighted by molar-refractivity contribution is 7.98. The smallest absolute Gasteiger partial charge is 0.266 e. The van der Waals surface area contributed by atoms with E-state index in [0.717, 1.165) is 11.3 Å². The number of aromatic amines is 1. The van der Waals surface area contributed by atoms with Crippen molar-refractivity contribution in [2.45, 2.75) is 4.90 Å². The number of H-pyrrole nitrogens is 1. The Bertz CT molecular complexity index is 469. The average molecular weight is 223 g/mol. The molecule has 0 atom stereocenters. The van der Waals surface area contributed by atoms with Crippen molar-refractivity contribution in [3.05, 3.63) is 35.4 Å². The van der Waals surface area contributed by atoms with Crippen molar-refractivity contribution in [2.75, 3.05) is 6.26 Å². The summed E-state index contributed by atoms with van der Waals surface area (Å²) >= 11 is 6.58. The summed E-state index contributed by atoms with van der Waals surface area (Å²) in [6.07, 6.45) is 3.69. The molecule has 0 radical (unpaired) electrons. The van der Waals surface area contributed by atoms with E-state index in [1.807, 2.05) is 12.1 Å². The summed E-state index contributed by atoms with van der Waals surface area (Å²) in [7, 11) is 0. The standard InChI is InChI=1S/C10H9NOS2/c1-14-8-4-2-7(3-5-8)9-6-12-10(13)11-9/h2-6H,1H3,(H,11,13). The number of oxazole rings is 1. The van der Waals surface area contributed by atoms with Crippen LogP contribution in [0.3, 0.4) is 0 Å². The minimum atomic E-state index is 0.411. The fourth-order valence-corrected chi connectivity index (χ4v) is 1.76. The van der Waals surface area contributed by atoms with Crippen LogP contribution in [0.4, 0.5) is 0 Å². The molecule has 0 unspecified atom stereocenters. The lowest BCUT2D eigenvalue weighted by atomic mass is 10.2. The van der Waals surface area contributed by atoms with Crippen LogP contribution >= 0.6 is 24.0 Å². The van der Waals surface area contributed by atoms with Crippen molar-refractivity contribution in [1.29, 1.82) is 0 Å². The molecule has 72 valence electrons. The predicted molar refractivity (Wildman–Crippen MR) is 61.1 cm³/mol. The van der Waals surface area contributed by atoms with Gasteiger partial charge in [-0.1, -0.05) is 12.1 Å². The highest BCUT2D eigenvalue weighted by atomic mass is 32.2. The third-order valence-corrected chi connectivity index (χ3v) is 2.86. The second-order valence-electron chi connectivity index (χ2n) is 2.79. The molecule has 0 saturated carbocycles. The molecular formula is C10H9NOS2. The molecule has 4 heteroatoms. The zero-order chi connectivity index (χ0) is 9.97. The van der Waals surface area contributed by atoms with E-state index in [4.69, 9.17) is 16.6 Å². The predicted octanol–water partition coefficient (Wildman–Crippen LogP) is 3.73. The van der Waals surface area contributed by atoms with E-state index in [0.29, 0.717) is 4.84 Å². The Labute approximate surface area is 91.3 Å². The van der Waals surface area contributed by atoms with Crippen LogP contribution in [0.15, 0.2) is 39.8 Å². The first-order valence-electron chi connectivity index (χ1n) is 4.12. The third kappa shape index (κ3) is 1.91. The molecule has 2 rings (SSSR count). The fourth-order valence-electron chi connectivity index (χ4n) is 1.19. The molecule has 1 heterocycles. The first-order chi connectivity index (χ1) is 6.79. The minimum absolute atomic E-state index is 0.411. The monoisotopic (exact) mass is 223 g/mol. The maximum Gasteiger partial charge on any atom is 0.266 e. The van der Waals surface area contributed by atoms with Gasteiger partial charge in [0.15, 0.2) is 0 Å². The van der Waals surface area contributed by atoms with Crippen LogP contribution in [0.2, 0.25) is 0 Å². The summed E-state index contributed by atoms with van der Waals surface area (Å²) in [6.45, 7) is 0. The van der Waals surface area contributed by atoms with Gasteiger partial charge in [-0.15, -0.1) is 11.8 Å². The van der Waals surface area contributed by atoms with Crippen LogP contribution < -0.4 is 0 Å². The Morgan fingerprint density at radius 2 is 2.00 bits per heavy atom. The maximum atomic E-state index is 5.03. The lowest BCUT2D eigenvalue weighted by Crippen LogP contribution is -1.76. The molecule has 1 aromatic heterocycles. The van der Waals surface area contributed by atoms with Crippen molar-refractivity contribution in [1.82, 2.24) is 4.98 Å². The number of rotatable bonds is 2. The van der Waals surface area contributed by atoms with Gasteiger partial charge in [-0.2, -0.15) is 0 Å². The molecular weight excluding hydrogens is 214 g/mol. The van der Waals surface area contributed by atoms with E-state index >= 15 is 0 Å². The van der Waals surface area contributed by atoms with Gasteiger partial charge in [-0.05, 0) is 30.6 Å². The Balaban J connectivity index is 2.38. The summed E-state index contributed by atoms with van der Waals surface area (Å²) in [6, 6.07) is 8.23. The molecule has 14 heavy (non-hydrogen) atoms. The van der Waals surface area contributed by atoms with Crippen molar-refractivity contribution in [2.24, 2.45) is 0 Å². The molecule has 2 nitrogen and oxygen atoms in total. The summed E-state index contributed by atoms with van der Waals surface area (Å²) < 4.78 is 5.03. The van der Waals surface area contributed by atoms with Gasteiger partial charge in [0, 0.05) is 10.5 Å². The number of benzene rings is 1. The SMILES string of the molecule is CSc1ccc(-c2coc(=S)[nH]2)cc1. The van der Waals surface area contributed by atoms with Gasteiger partial charge in [-0.3, -0.25) is 0 Å². The van der Waals surface area contributed by atoms with Crippen LogP contribution in [0.25, 0.3) is 11.3 Å².